The van der Waals surface area contributed by atoms with E-state index in [0.717, 1.165) is 46.3 Å². The number of amides is 1. The zero-order valence-electron chi connectivity index (χ0n) is 19.3. The molecule has 0 spiro atoms. The molecule has 0 fully saturated rings. The lowest BCUT2D eigenvalue weighted by molar-refractivity contribution is -0.122. The van der Waals surface area contributed by atoms with Crippen LogP contribution >= 0.6 is 0 Å². The molecule has 176 valence electrons. The summed E-state index contributed by atoms with van der Waals surface area (Å²) in [6.07, 6.45) is 4.25. The molecule has 2 aromatic carbocycles. The number of carbonyl (C=O) groups excluding carboxylic acids is 1. The number of rotatable bonds is 6. The molecule has 1 aliphatic carbocycles. The van der Waals surface area contributed by atoms with E-state index in [1.807, 2.05) is 18.2 Å². The summed E-state index contributed by atoms with van der Waals surface area (Å²) in [7, 11) is 4.64. The Morgan fingerprint density at radius 1 is 1.18 bits per heavy atom. The Morgan fingerprint density at radius 3 is 2.79 bits per heavy atom. The van der Waals surface area contributed by atoms with E-state index in [1.54, 1.807) is 25.4 Å². The first-order chi connectivity index (χ1) is 16.5. The number of aryl methyl sites for hydroxylation is 1. The Labute approximate surface area is 195 Å². The summed E-state index contributed by atoms with van der Waals surface area (Å²) in [5, 5.41) is 9.33. The van der Waals surface area contributed by atoms with Gasteiger partial charge >= 0.3 is 0 Å². The number of H-pyrrole nitrogens is 1. The molecule has 1 amide bonds. The van der Waals surface area contributed by atoms with Gasteiger partial charge in [-0.1, -0.05) is 0 Å². The third-order valence-corrected chi connectivity index (χ3v) is 6.41. The van der Waals surface area contributed by atoms with E-state index in [9.17, 15) is 9.59 Å². The van der Waals surface area contributed by atoms with Gasteiger partial charge in [-0.25, -0.2) is 4.68 Å². The fourth-order valence-electron chi connectivity index (χ4n) is 4.79. The van der Waals surface area contributed by atoms with Gasteiger partial charge in [-0.2, -0.15) is 5.10 Å². The highest BCUT2D eigenvalue weighted by Gasteiger charge is 2.26. The number of benzene rings is 2. The summed E-state index contributed by atoms with van der Waals surface area (Å²) in [4.78, 5) is 29.6. The topological polar surface area (TPSA) is 107 Å². The van der Waals surface area contributed by atoms with Gasteiger partial charge in [-0.3, -0.25) is 9.59 Å². The first kappa shape index (κ1) is 21.8. The van der Waals surface area contributed by atoms with Gasteiger partial charge in [0.2, 0.25) is 5.91 Å². The van der Waals surface area contributed by atoms with Crippen LogP contribution in [0.3, 0.4) is 0 Å². The molecule has 0 saturated carbocycles. The zero-order valence-corrected chi connectivity index (χ0v) is 19.3. The number of aromatic amines is 1. The normalized spacial score (nSPS) is 15.2. The molecule has 0 saturated heterocycles. The van der Waals surface area contributed by atoms with Crippen LogP contribution in [-0.4, -0.2) is 42.0 Å². The highest BCUT2D eigenvalue weighted by atomic mass is 16.5. The predicted molar refractivity (Wildman–Crippen MR) is 128 cm³/mol. The fourth-order valence-corrected chi connectivity index (χ4v) is 4.79. The van der Waals surface area contributed by atoms with Crippen LogP contribution in [0.1, 0.15) is 30.1 Å². The molecule has 1 atom stereocenters. The van der Waals surface area contributed by atoms with Gasteiger partial charge in [0.1, 0.15) is 12.3 Å². The van der Waals surface area contributed by atoms with Crippen molar-refractivity contribution in [2.45, 2.75) is 31.8 Å². The van der Waals surface area contributed by atoms with Crippen LogP contribution in [0.2, 0.25) is 0 Å². The molecule has 9 heteroatoms. The first-order valence-electron chi connectivity index (χ1n) is 11.1. The van der Waals surface area contributed by atoms with Crippen molar-refractivity contribution in [3.8, 4) is 17.2 Å². The number of aromatic nitrogens is 3. The highest BCUT2D eigenvalue weighted by Crippen LogP contribution is 2.36. The van der Waals surface area contributed by atoms with Crippen LogP contribution in [0.4, 0.5) is 0 Å². The molecule has 2 N–H and O–H groups in total. The molecule has 34 heavy (non-hydrogen) atoms. The Kier molecular flexibility index (Phi) is 5.61. The van der Waals surface area contributed by atoms with Crippen LogP contribution in [-0.2, 0) is 17.8 Å². The average molecular weight is 463 g/mol. The molecule has 9 nitrogen and oxygen atoms in total. The second-order valence-electron chi connectivity index (χ2n) is 8.31. The summed E-state index contributed by atoms with van der Waals surface area (Å²) < 4.78 is 17.3. The predicted octanol–water partition coefficient (Wildman–Crippen LogP) is 3.10. The molecule has 0 aliphatic heterocycles. The van der Waals surface area contributed by atoms with Gasteiger partial charge in [0.05, 0.1) is 39.0 Å². The van der Waals surface area contributed by atoms with E-state index < -0.39 is 5.56 Å². The number of nitrogens with zero attached hydrogens (tertiary/aromatic N) is 2. The number of ether oxygens (including phenoxy) is 3. The van der Waals surface area contributed by atoms with E-state index in [1.165, 1.54) is 19.8 Å². The monoisotopic (exact) mass is 462 g/mol. The standard InChI is InChI=1S/C25H26N4O5/c1-32-15-8-9-18-17(11-15)16-5-4-6-19(23(16)28-18)27-21(30)13-29-25(31)22-14(12-26-29)7-10-20(33-2)24(22)34-3/h7-12,19,28H,4-6,13H2,1-3H3,(H,27,30)/t19-/m0/s1. The van der Waals surface area contributed by atoms with E-state index in [-0.39, 0.29) is 18.5 Å². The summed E-state index contributed by atoms with van der Waals surface area (Å²) in [6.45, 7) is -0.199. The van der Waals surface area contributed by atoms with E-state index in [2.05, 4.69) is 15.4 Å². The van der Waals surface area contributed by atoms with Crippen molar-refractivity contribution in [3.05, 3.63) is 58.1 Å². The molecule has 5 rings (SSSR count). The second kappa shape index (κ2) is 8.74. The number of fused-ring (bicyclic) bond motifs is 4. The number of methoxy groups -OCH3 is 3. The van der Waals surface area contributed by atoms with Gasteiger partial charge in [-0.05, 0) is 55.2 Å². The van der Waals surface area contributed by atoms with Crippen molar-refractivity contribution in [2.75, 3.05) is 21.3 Å². The SMILES string of the molecule is COc1ccc2[nH]c3c(c2c1)CCC[C@@H]3NC(=O)Cn1ncc2ccc(OC)c(OC)c2c1=O. The van der Waals surface area contributed by atoms with E-state index >= 15 is 0 Å². The van der Waals surface area contributed by atoms with Crippen molar-refractivity contribution < 1.29 is 19.0 Å². The average Bonchev–Trinajstić information content (AvgIpc) is 3.24. The van der Waals surface area contributed by atoms with Crippen LogP contribution in [0.25, 0.3) is 21.7 Å². The maximum Gasteiger partial charge on any atom is 0.279 e. The van der Waals surface area contributed by atoms with Crippen molar-refractivity contribution in [1.82, 2.24) is 20.1 Å². The largest absolute Gasteiger partial charge is 0.497 e. The van der Waals surface area contributed by atoms with E-state index in [4.69, 9.17) is 14.2 Å². The number of nitrogens with one attached hydrogen (secondary N) is 2. The molecule has 0 bridgehead atoms. The fraction of sp³-hybridized carbons (Fsp3) is 0.320. The molecular formula is C25H26N4O5. The lowest BCUT2D eigenvalue weighted by atomic mass is 9.91. The van der Waals surface area contributed by atoms with Crippen LogP contribution in [0, 0.1) is 0 Å². The van der Waals surface area contributed by atoms with E-state index in [0.29, 0.717) is 22.3 Å². The Morgan fingerprint density at radius 2 is 2.03 bits per heavy atom. The zero-order chi connectivity index (χ0) is 23.8. The maximum atomic E-state index is 13.1. The summed E-state index contributed by atoms with van der Waals surface area (Å²) in [5.74, 6) is 1.28. The number of hydrogen-bond donors (Lipinski definition) is 2. The minimum atomic E-state index is -0.412. The van der Waals surface area contributed by atoms with Gasteiger partial charge < -0.3 is 24.5 Å². The third-order valence-electron chi connectivity index (χ3n) is 6.41. The lowest BCUT2D eigenvalue weighted by Crippen LogP contribution is -2.37. The van der Waals surface area contributed by atoms with Crippen molar-refractivity contribution in [3.63, 3.8) is 0 Å². The maximum absolute atomic E-state index is 13.1. The number of carbonyl (C=O) groups is 1. The summed E-state index contributed by atoms with van der Waals surface area (Å²) in [6, 6.07) is 9.22. The minimum Gasteiger partial charge on any atom is -0.497 e. The van der Waals surface area contributed by atoms with Crippen LogP contribution < -0.4 is 25.1 Å². The van der Waals surface area contributed by atoms with Gasteiger partial charge in [0.25, 0.3) is 5.56 Å². The Hall–Kier alpha value is -4.01. The Balaban J connectivity index is 1.42. The number of hydrogen-bond acceptors (Lipinski definition) is 6. The van der Waals surface area contributed by atoms with Crippen molar-refractivity contribution in [1.29, 1.82) is 0 Å². The molecule has 0 unspecified atom stereocenters. The molecule has 2 aromatic heterocycles. The third kappa shape index (κ3) is 3.63. The smallest absolute Gasteiger partial charge is 0.279 e. The van der Waals surface area contributed by atoms with Gasteiger partial charge in [-0.15, -0.1) is 0 Å². The lowest BCUT2D eigenvalue weighted by Gasteiger charge is -2.24. The van der Waals surface area contributed by atoms with Crippen LogP contribution in [0.5, 0.6) is 17.2 Å². The molecule has 1 aliphatic rings. The minimum absolute atomic E-state index is 0.166. The van der Waals surface area contributed by atoms with Gasteiger partial charge in [0, 0.05) is 22.0 Å². The first-order valence-corrected chi connectivity index (χ1v) is 11.1. The highest BCUT2D eigenvalue weighted by molar-refractivity contribution is 5.90. The molecular weight excluding hydrogens is 436 g/mol. The van der Waals surface area contributed by atoms with Crippen molar-refractivity contribution in [2.24, 2.45) is 0 Å². The molecule has 4 aromatic rings. The summed E-state index contributed by atoms with van der Waals surface area (Å²) >= 11 is 0. The quantitative estimate of drug-likeness (QED) is 0.456. The molecule has 2 heterocycles. The summed E-state index contributed by atoms with van der Waals surface area (Å²) in [5.41, 5.74) is 2.81. The van der Waals surface area contributed by atoms with Crippen LogP contribution in [0.15, 0.2) is 41.3 Å². The second-order valence-corrected chi connectivity index (χ2v) is 8.31. The van der Waals surface area contributed by atoms with Gasteiger partial charge in [0.15, 0.2) is 11.5 Å². The van der Waals surface area contributed by atoms with Crippen molar-refractivity contribution >= 4 is 27.6 Å². The Bertz CT molecular complexity index is 1460. The molecule has 0 radical (unpaired) electrons.